The van der Waals surface area contributed by atoms with Gasteiger partial charge in [-0.3, -0.25) is 4.90 Å². The molecule has 1 aliphatic carbocycles. The van der Waals surface area contributed by atoms with Crippen LogP contribution >= 0.6 is 0 Å². The summed E-state index contributed by atoms with van der Waals surface area (Å²) in [7, 11) is 0. The first-order valence-corrected chi connectivity index (χ1v) is 7.47. The predicted molar refractivity (Wildman–Crippen MR) is 75.4 cm³/mol. The second-order valence-corrected chi connectivity index (χ2v) is 6.55. The average molecular weight is 258 g/mol. The van der Waals surface area contributed by atoms with E-state index in [0.717, 1.165) is 44.3 Å². The van der Waals surface area contributed by atoms with Gasteiger partial charge in [-0.15, -0.1) is 0 Å². The number of benzene rings is 1. The molecule has 4 rings (SSSR count). The van der Waals surface area contributed by atoms with Gasteiger partial charge in [0.1, 0.15) is 5.75 Å². The molecule has 3 aliphatic rings. The lowest BCUT2D eigenvalue weighted by molar-refractivity contribution is 0.0450. The van der Waals surface area contributed by atoms with Crippen molar-refractivity contribution in [3.05, 3.63) is 29.8 Å². The van der Waals surface area contributed by atoms with Gasteiger partial charge < -0.3 is 10.5 Å². The zero-order valence-corrected chi connectivity index (χ0v) is 11.3. The minimum atomic E-state index is 0.144. The number of nitrogens with zero attached hydrogens (tertiary/aromatic N) is 1. The van der Waals surface area contributed by atoms with E-state index in [2.05, 4.69) is 29.2 Å². The molecule has 2 heterocycles. The summed E-state index contributed by atoms with van der Waals surface area (Å²) in [4.78, 5) is 2.53. The smallest absolute Gasteiger partial charge is 0.122 e. The van der Waals surface area contributed by atoms with Crippen LogP contribution in [0, 0.1) is 5.92 Å². The lowest BCUT2D eigenvalue weighted by Gasteiger charge is -2.49. The maximum atomic E-state index is 6.43. The van der Waals surface area contributed by atoms with Crippen molar-refractivity contribution in [2.45, 2.75) is 30.7 Å². The fourth-order valence-corrected chi connectivity index (χ4v) is 3.75. The van der Waals surface area contributed by atoms with Crippen LogP contribution in [0.5, 0.6) is 5.75 Å². The summed E-state index contributed by atoms with van der Waals surface area (Å²) >= 11 is 0. The van der Waals surface area contributed by atoms with Crippen molar-refractivity contribution in [2.75, 3.05) is 26.2 Å². The first-order chi connectivity index (χ1) is 9.24. The molecule has 3 nitrogen and oxygen atoms in total. The Labute approximate surface area is 114 Å². The molecule has 1 unspecified atom stereocenters. The van der Waals surface area contributed by atoms with E-state index in [1.54, 1.807) is 0 Å². The molecule has 0 spiro atoms. The maximum Gasteiger partial charge on any atom is 0.122 e. The third-order valence-corrected chi connectivity index (χ3v) is 4.99. The van der Waals surface area contributed by atoms with E-state index < -0.39 is 0 Å². The summed E-state index contributed by atoms with van der Waals surface area (Å²) in [6, 6.07) is 8.49. The third kappa shape index (κ3) is 2.05. The van der Waals surface area contributed by atoms with Gasteiger partial charge in [0.15, 0.2) is 0 Å². The van der Waals surface area contributed by atoms with Gasteiger partial charge in [-0.2, -0.15) is 0 Å². The fraction of sp³-hybridized carbons (Fsp3) is 0.625. The van der Waals surface area contributed by atoms with Crippen molar-refractivity contribution in [3.8, 4) is 5.75 Å². The molecule has 3 heteroatoms. The Morgan fingerprint density at radius 2 is 2.00 bits per heavy atom. The van der Waals surface area contributed by atoms with Crippen LogP contribution in [0.25, 0.3) is 0 Å². The molecule has 2 N–H and O–H groups in total. The Hall–Kier alpha value is -1.06. The molecule has 1 aromatic carbocycles. The largest absolute Gasteiger partial charge is 0.493 e. The van der Waals surface area contributed by atoms with E-state index in [-0.39, 0.29) is 5.54 Å². The Morgan fingerprint density at radius 1 is 1.21 bits per heavy atom. The molecule has 0 bridgehead atoms. The quantitative estimate of drug-likeness (QED) is 0.901. The molecule has 1 aromatic rings. The Kier molecular flexibility index (Phi) is 2.61. The van der Waals surface area contributed by atoms with Gasteiger partial charge in [0, 0.05) is 31.1 Å². The lowest BCUT2D eigenvalue weighted by Crippen LogP contribution is -2.69. The first kappa shape index (κ1) is 11.7. The van der Waals surface area contributed by atoms with E-state index in [1.807, 2.05) is 0 Å². The van der Waals surface area contributed by atoms with Crippen molar-refractivity contribution in [2.24, 2.45) is 11.7 Å². The van der Waals surface area contributed by atoms with Crippen LogP contribution in [0.15, 0.2) is 24.3 Å². The second kappa shape index (κ2) is 4.22. The zero-order chi connectivity index (χ0) is 12.9. The molecule has 1 saturated carbocycles. The molecule has 0 radical (unpaired) electrons. The van der Waals surface area contributed by atoms with Crippen LogP contribution in [0.3, 0.4) is 0 Å². The molecule has 2 fully saturated rings. The molecule has 0 amide bonds. The number of hydrogen-bond donors (Lipinski definition) is 1. The molecule has 2 aliphatic heterocycles. The lowest BCUT2D eigenvalue weighted by atomic mass is 9.83. The molecular formula is C16H22N2O. The van der Waals surface area contributed by atoms with Gasteiger partial charge in [0.2, 0.25) is 0 Å². The van der Waals surface area contributed by atoms with Gasteiger partial charge in [-0.25, -0.2) is 0 Å². The number of nitrogens with two attached hydrogens (primary N) is 1. The normalized spacial score (nSPS) is 29.2. The topological polar surface area (TPSA) is 38.5 Å². The minimum Gasteiger partial charge on any atom is -0.493 e. The van der Waals surface area contributed by atoms with Crippen LogP contribution in [-0.2, 0) is 0 Å². The molecule has 0 aromatic heterocycles. The van der Waals surface area contributed by atoms with Gasteiger partial charge >= 0.3 is 0 Å². The van der Waals surface area contributed by atoms with Gasteiger partial charge in [0.05, 0.1) is 6.61 Å². The van der Waals surface area contributed by atoms with Crippen molar-refractivity contribution in [1.82, 2.24) is 4.90 Å². The van der Waals surface area contributed by atoms with Crippen molar-refractivity contribution >= 4 is 0 Å². The maximum absolute atomic E-state index is 6.43. The van der Waals surface area contributed by atoms with E-state index in [0.29, 0.717) is 5.92 Å². The number of para-hydroxylation sites is 1. The summed E-state index contributed by atoms with van der Waals surface area (Å²) < 4.78 is 5.73. The number of ether oxygens (including phenoxy) is 1. The minimum absolute atomic E-state index is 0.144. The highest BCUT2D eigenvalue weighted by molar-refractivity contribution is 5.38. The van der Waals surface area contributed by atoms with E-state index >= 15 is 0 Å². The molecule has 1 saturated heterocycles. The van der Waals surface area contributed by atoms with Crippen molar-refractivity contribution in [3.63, 3.8) is 0 Å². The summed E-state index contributed by atoms with van der Waals surface area (Å²) in [5, 5.41) is 0. The van der Waals surface area contributed by atoms with Crippen LogP contribution < -0.4 is 10.5 Å². The molecule has 102 valence electrons. The van der Waals surface area contributed by atoms with Crippen LogP contribution in [0.1, 0.15) is 30.7 Å². The van der Waals surface area contributed by atoms with Gasteiger partial charge in [0.25, 0.3) is 0 Å². The average Bonchev–Trinajstić information content (AvgIpc) is 3.22. The second-order valence-electron chi connectivity index (χ2n) is 6.55. The molecule has 1 atom stereocenters. The number of hydrogen-bond acceptors (Lipinski definition) is 3. The van der Waals surface area contributed by atoms with Crippen LogP contribution in [-0.4, -0.2) is 36.7 Å². The van der Waals surface area contributed by atoms with Crippen LogP contribution in [0.2, 0.25) is 0 Å². The summed E-state index contributed by atoms with van der Waals surface area (Å²) in [5.41, 5.74) is 7.96. The first-order valence-electron chi connectivity index (χ1n) is 7.47. The van der Waals surface area contributed by atoms with Crippen molar-refractivity contribution in [1.29, 1.82) is 0 Å². The van der Waals surface area contributed by atoms with E-state index in [9.17, 15) is 0 Å². The number of fused-ring (bicyclic) bond motifs is 1. The Morgan fingerprint density at radius 3 is 2.79 bits per heavy atom. The van der Waals surface area contributed by atoms with Gasteiger partial charge in [-0.05, 0) is 36.8 Å². The Bertz CT molecular complexity index is 477. The highest BCUT2D eigenvalue weighted by atomic mass is 16.5. The van der Waals surface area contributed by atoms with E-state index in [1.165, 1.54) is 18.4 Å². The highest BCUT2D eigenvalue weighted by Gasteiger charge is 2.50. The van der Waals surface area contributed by atoms with Gasteiger partial charge in [-0.1, -0.05) is 18.2 Å². The molecular weight excluding hydrogens is 236 g/mol. The number of rotatable bonds is 3. The van der Waals surface area contributed by atoms with E-state index in [4.69, 9.17) is 10.5 Å². The zero-order valence-electron chi connectivity index (χ0n) is 11.3. The Balaban J connectivity index is 1.42. The predicted octanol–water partition coefficient (Wildman–Crippen LogP) is 1.98. The number of likely N-dealkylation sites (tertiary alicyclic amines) is 1. The summed E-state index contributed by atoms with van der Waals surface area (Å²) in [6.45, 7) is 4.19. The summed E-state index contributed by atoms with van der Waals surface area (Å²) in [5.74, 6) is 2.51. The standard InChI is InChI=1S/C16H22N2O/c17-16(13-5-6-13)10-18(11-16)9-12-7-8-19-15-4-2-1-3-14(12)15/h1-4,12-13H,5-11,17H2. The van der Waals surface area contributed by atoms with Crippen LogP contribution in [0.4, 0.5) is 0 Å². The third-order valence-electron chi connectivity index (χ3n) is 4.99. The SMILES string of the molecule is NC1(C2CC2)CN(CC2CCOc3ccccc32)C1. The summed E-state index contributed by atoms with van der Waals surface area (Å²) in [6.07, 6.45) is 3.84. The monoisotopic (exact) mass is 258 g/mol. The highest BCUT2D eigenvalue weighted by Crippen LogP contribution is 2.44. The van der Waals surface area contributed by atoms with Crippen molar-refractivity contribution < 1.29 is 4.74 Å². The fourth-order valence-electron chi connectivity index (χ4n) is 3.75. The molecule has 19 heavy (non-hydrogen) atoms.